The number of hydrogen-bond acceptors (Lipinski definition) is 3. The number of allylic oxidation sites excluding steroid dienone is 2. The lowest BCUT2D eigenvalue weighted by Crippen LogP contribution is -2.41. The maximum atomic E-state index is 5.92. The lowest BCUT2D eigenvalue weighted by Gasteiger charge is -2.32. The van der Waals surface area contributed by atoms with Crippen LogP contribution in [0.5, 0.6) is 0 Å². The molecule has 1 fully saturated rings. The Morgan fingerprint density at radius 1 is 1.05 bits per heavy atom. The maximum Gasteiger partial charge on any atom is 0.551 e. The summed E-state index contributed by atoms with van der Waals surface area (Å²) >= 11 is 0. The van der Waals surface area contributed by atoms with Gasteiger partial charge in [-0.05, 0) is 53.4 Å². The summed E-state index contributed by atoms with van der Waals surface area (Å²) in [7, 11) is 1.18. The number of methoxy groups -OCH3 is 1. The van der Waals surface area contributed by atoms with Crippen molar-refractivity contribution in [3.05, 3.63) is 25.3 Å². The summed E-state index contributed by atoms with van der Waals surface area (Å²) < 4.78 is 17.6. The molecule has 1 aliphatic rings. The molecule has 0 aromatic heterocycles. The van der Waals surface area contributed by atoms with E-state index in [0.29, 0.717) is 0 Å². The summed E-state index contributed by atoms with van der Waals surface area (Å²) in [6.45, 7) is 15.6. The van der Waals surface area contributed by atoms with Crippen LogP contribution in [0.15, 0.2) is 25.3 Å². The van der Waals surface area contributed by atoms with E-state index in [-0.39, 0.29) is 11.2 Å². The van der Waals surface area contributed by atoms with E-state index in [1.54, 1.807) is 7.11 Å². The van der Waals surface area contributed by atoms with E-state index < -0.39 is 12.7 Å². The van der Waals surface area contributed by atoms with Gasteiger partial charge in [-0.1, -0.05) is 23.9 Å². The first-order chi connectivity index (χ1) is 10.2. The quantitative estimate of drug-likeness (QED) is 0.405. The van der Waals surface area contributed by atoms with E-state index >= 15 is 0 Å². The largest absolute Gasteiger partial charge is 0.551 e. The Labute approximate surface area is 136 Å². The van der Waals surface area contributed by atoms with Crippen molar-refractivity contribution >= 4 is 7.12 Å². The van der Waals surface area contributed by atoms with Crippen molar-refractivity contribution in [3.63, 3.8) is 0 Å². The van der Waals surface area contributed by atoms with Gasteiger partial charge >= 0.3 is 7.12 Å². The standard InChI is InChI=1S/C18H29BO3/c1-8-10-12-18(20-7,13-11-9-2)14-15-19-21-16(3,4)17(5,6)22-19/h8-9H,1-2,10-13H2,3-7H3. The van der Waals surface area contributed by atoms with Crippen LogP contribution in [0.25, 0.3) is 0 Å². The van der Waals surface area contributed by atoms with Crippen LogP contribution in [0.4, 0.5) is 0 Å². The van der Waals surface area contributed by atoms with E-state index in [1.807, 2.05) is 39.8 Å². The van der Waals surface area contributed by atoms with Crippen LogP contribution in [-0.2, 0) is 14.0 Å². The van der Waals surface area contributed by atoms with Crippen LogP contribution < -0.4 is 0 Å². The predicted molar refractivity (Wildman–Crippen MR) is 92.5 cm³/mol. The molecular weight excluding hydrogens is 275 g/mol. The van der Waals surface area contributed by atoms with Gasteiger partial charge in [-0.15, -0.1) is 13.2 Å². The van der Waals surface area contributed by atoms with Crippen LogP contribution in [0.2, 0.25) is 0 Å². The lowest BCUT2D eigenvalue weighted by atomic mass is 9.86. The fourth-order valence-corrected chi connectivity index (χ4v) is 2.27. The molecule has 0 bridgehead atoms. The van der Waals surface area contributed by atoms with Crippen LogP contribution in [0, 0.1) is 11.7 Å². The molecular formula is C18H29BO3. The normalized spacial score (nSPS) is 19.4. The second-order valence-electron chi connectivity index (χ2n) is 6.71. The van der Waals surface area contributed by atoms with Gasteiger partial charge in [0.05, 0.1) is 11.2 Å². The summed E-state index contributed by atoms with van der Waals surface area (Å²) in [4.78, 5) is 0. The Kier molecular flexibility index (Phi) is 6.49. The van der Waals surface area contributed by atoms with Gasteiger partial charge < -0.3 is 14.0 Å². The van der Waals surface area contributed by atoms with Crippen LogP contribution in [-0.4, -0.2) is 31.0 Å². The van der Waals surface area contributed by atoms with E-state index in [1.165, 1.54) is 0 Å². The Morgan fingerprint density at radius 3 is 1.86 bits per heavy atom. The highest BCUT2D eigenvalue weighted by atomic mass is 16.7. The van der Waals surface area contributed by atoms with Gasteiger partial charge in [0.25, 0.3) is 0 Å². The third-order valence-corrected chi connectivity index (χ3v) is 4.57. The Morgan fingerprint density at radius 2 is 1.50 bits per heavy atom. The van der Waals surface area contributed by atoms with E-state index in [9.17, 15) is 0 Å². The molecule has 0 N–H and O–H groups in total. The summed E-state index contributed by atoms with van der Waals surface area (Å²) in [6.07, 6.45) is 7.07. The molecule has 22 heavy (non-hydrogen) atoms. The monoisotopic (exact) mass is 304 g/mol. The molecule has 1 aliphatic heterocycles. The first kappa shape index (κ1) is 19.0. The summed E-state index contributed by atoms with van der Waals surface area (Å²) in [6, 6.07) is 0. The molecule has 1 saturated heterocycles. The zero-order valence-electron chi connectivity index (χ0n) is 14.7. The van der Waals surface area contributed by atoms with Crippen molar-refractivity contribution in [1.29, 1.82) is 0 Å². The van der Waals surface area contributed by atoms with Crippen molar-refractivity contribution in [1.82, 2.24) is 0 Å². The van der Waals surface area contributed by atoms with Crippen molar-refractivity contribution in [2.45, 2.75) is 70.2 Å². The zero-order valence-corrected chi connectivity index (χ0v) is 14.7. The highest BCUT2D eigenvalue weighted by Gasteiger charge is 2.51. The molecule has 0 spiro atoms. The molecule has 0 atom stereocenters. The second-order valence-corrected chi connectivity index (χ2v) is 6.71. The minimum absolute atomic E-state index is 0.371. The van der Waals surface area contributed by atoms with Crippen molar-refractivity contribution < 1.29 is 14.0 Å². The van der Waals surface area contributed by atoms with Crippen LogP contribution in [0.1, 0.15) is 53.4 Å². The number of hydrogen-bond donors (Lipinski definition) is 0. The molecule has 3 nitrogen and oxygen atoms in total. The molecule has 0 aromatic carbocycles. The minimum Gasteiger partial charge on any atom is -0.392 e. The molecule has 0 unspecified atom stereocenters. The van der Waals surface area contributed by atoms with Gasteiger partial charge in [0.1, 0.15) is 5.60 Å². The molecule has 122 valence electrons. The predicted octanol–water partition coefficient (Wildman–Crippen LogP) is 3.94. The van der Waals surface area contributed by atoms with Gasteiger partial charge in [-0.3, -0.25) is 0 Å². The average Bonchev–Trinajstić information content (AvgIpc) is 2.67. The highest BCUT2D eigenvalue weighted by Crippen LogP contribution is 2.36. The first-order valence-electron chi connectivity index (χ1n) is 7.87. The van der Waals surface area contributed by atoms with Crippen molar-refractivity contribution in [2.75, 3.05) is 7.11 Å². The topological polar surface area (TPSA) is 27.7 Å². The fourth-order valence-electron chi connectivity index (χ4n) is 2.27. The SMILES string of the molecule is C=CCCC(C#CB1OC(C)(C)C(C)(C)O1)(CCC=C)OC. The summed E-state index contributed by atoms with van der Waals surface area (Å²) in [5, 5.41) is 0. The highest BCUT2D eigenvalue weighted by molar-refractivity contribution is 6.55. The number of ether oxygens (including phenoxy) is 1. The van der Waals surface area contributed by atoms with Crippen molar-refractivity contribution in [3.8, 4) is 11.7 Å². The third-order valence-electron chi connectivity index (χ3n) is 4.57. The van der Waals surface area contributed by atoms with Gasteiger partial charge in [0, 0.05) is 7.11 Å². The van der Waals surface area contributed by atoms with E-state index in [0.717, 1.165) is 25.7 Å². The number of rotatable bonds is 7. The van der Waals surface area contributed by atoms with Gasteiger partial charge in [0.2, 0.25) is 0 Å². The second kappa shape index (κ2) is 7.50. The van der Waals surface area contributed by atoms with E-state index in [4.69, 9.17) is 14.0 Å². The smallest absolute Gasteiger partial charge is 0.392 e. The lowest BCUT2D eigenvalue weighted by molar-refractivity contribution is 0.00578. The molecule has 0 radical (unpaired) electrons. The van der Waals surface area contributed by atoms with Gasteiger partial charge in [0.15, 0.2) is 0 Å². The third kappa shape index (κ3) is 4.49. The molecule has 0 aliphatic carbocycles. The maximum absolute atomic E-state index is 5.92. The van der Waals surface area contributed by atoms with Gasteiger partial charge in [-0.2, -0.15) is 0 Å². The van der Waals surface area contributed by atoms with Crippen LogP contribution in [0.3, 0.4) is 0 Å². The van der Waals surface area contributed by atoms with Crippen LogP contribution >= 0.6 is 0 Å². The van der Waals surface area contributed by atoms with Crippen molar-refractivity contribution in [2.24, 2.45) is 0 Å². The molecule has 4 heteroatoms. The molecule has 1 heterocycles. The summed E-state index contributed by atoms with van der Waals surface area (Å²) in [5.74, 6) is 6.37. The Bertz CT molecular complexity index is 429. The average molecular weight is 304 g/mol. The van der Waals surface area contributed by atoms with E-state index in [2.05, 4.69) is 24.9 Å². The Balaban J connectivity index is 2.91. The molecule has 1 rings (SSSR count). The summed E-state index contributed by atoms with van der Waals surface area (Å²) in [5.41, 5.74) is -1.25. The zero-order chi connectivity index (χ0) is 16.9. The minimum atomic E-state index is -0.521. The molecule has 0 saturated carbocycles. The Hall–Kier alpha value is -1.02. The van der Waals surface area contributed by atoms with Gasteiger partial charge in [-0.25, -0.2) is 0 Å². The first-order valence-corrected chi connectivity index (χ1v) is 7.87. The molecule has 0 aromatic rings. The fraction of sp³-hybridized carbons (Fsp3) is 0.667. The molecule has 0 amide bonds.